The van der Waals surface area contributed by atoms with Gasteiger partial charge in [0, 0.05) is 86.3 Å². The van der Waals surface area contributed by atoms with Crippen LogP contribution in [-0.4, -0.2) is 129 Å². The summed E-state index contributed by atoms with van der Waals surface area (Å²) in [5.41, 5.74) is 9.64. The van der Waals surface area contributed by atoms with Crippen LogP contribution in [0.5, 0.6) is 5.75 Å². The molecule has 16 heteroatoms. The van der Waals surface area contributed by atoms with E-state index in [1.54, 1.807) is 32.5 Å². The number of aryl methyl sites for hydroxylation is 1. The largest absolute Gasteiger partial charge is 0.508 e. The Morgan fingerprint density at radius 1 is 1.03 bits per heavy atom. The van der Waals surface area contributed by atoms with Crippen molar-refractivity contribution in [1.29, 1.82) is 0 Å². The molecule has 70 heavy (non-hydrogen) atoms. The van der Waals surface area contributed by atoms with E-state index < -0.39 is 41.3 Å². The summed E-state index contributed by atoms with van der Waals surface area (Å²) in [5.74, 6) is -2.10. The van der Waals surface area contributed by atoms with E-state index in [-0.39, 0.29) is 73.2 Å². The number of phenols is 1. The van der Waals surface area contributed by atoms with E-state index in [1.807, 2.05) is 43.9 Å². The third-order valence-corrected chi connectivity index (χ3v) is 15.4. The lowest BCUT2D eigenvalue weighted by atomic mass is 9.84. The number of hydrogen-bond acceptors (Lipinski definition) is 11. The van der Waals surface area contributed by atoms with Crippen molar-refractivity contribution in [3.63, 3.8) is 0 Å². The van der Waals surface area contributed by atoms with Crippen molar-refractivity contribution in [2.75, 3.05) is 33.9 Å². The number of benzene rings is 2. The lowest BCUT2D eigenvalue weighted by Gasteiger charge is -2.41. The van der Waals surface area contributed by atoms with Crippen molar-refractivity contribution < 1.29 is 38.6 Å². The van der Waals surface area contributed by atoms with Gasteiger partial charge >= 0.3 is 5.97 Å². The Hall–Kier alpha value is -5.84. The number of ether oxygens (including phenoxy) is 2. The maximum atomic E-state index is 14.8. The average molecular weight is 959 g/mol. The molecule has 9 rings (SSSR count). The average Bonchev–Trinajstić information content (AvgIpc) is 4.11. The number of aromatic hydroxyl groups is 1. The van der Waals surface area contributed by atoms with Crippen molar-refractivity contribution in [3.8, 4) is 28.1 Å². The third kappa shape index (κ3) is 9.66. The Kier molecular flexibility index (Phi) is 13.9. The molecule has 4 amide bonds. The predicted molar refractivity (Wildman–Crippen MR) is 265 cm³/mol. The van der Waals surface area contributed by atoms with E-state index in [0.29, 0.717) is 50.8 Å². The minimum absolute atomic E-state index is 0.000609. The highest BCUT2D eigenvalue weighted by molar-refractivity contribution is 5.96. The third-order valence-electron chi connectivity index (χ3n) is 15.4. The fraction of sp³-hybridized carbons (Fsp3) is 0.556. The Balaban J connectivity index is 1.07. The second kappa shape index (κ2) is 19.7. The van der Waals surface area contributed by atoms with Crippen LogP contribution in [-0.2, 0) is 52.8 Å². The summed E-state index contributed by atoms with van der Waals surface area (Å²) in [6.07, 6.45) is 5.83. The number of piperidine rings is 1. The summed E-state index contributed by atoms with van der Waals surface area (Å²) in [6.45, 7) is 13.8. The predicted octanol–water partition coefficient (Wildman–Crippen LogP) is 5.68. The molecule has 0 radical (unpaired) electrons. The number of carbonyl (C=O) groups excluding carboxylic acids is 5. The summed E-state index contributed by atoms with van der Waals surface area (Å²) in [5, 5.41) is 20.0. The topological polar surface area (TPSA) is 198 Å². The molecule has 0 saturated carbocycles. The molecule has 8 bridgehead atoms. The van der Waals surface area contributed by atoms with Crippen molar-refractivity contribution >= 4 is 40.5 Å². The number of aromatic nitrogens is 2. The van der Waals surface area contributed by atoms with Gasteiger partial charge in [-0.1, -0.05) is 39.8 Å². The number of hydrazine groups is 1. The normalized spacial score (nSPS) is 25.3. The van der Waals surface area contributed by atoms with Crippen LogP contribution in [0.3, 0.4) is 0 Å². The smallest absolute Gasteiger partial charge is 0.324 e. The van der Waals surface area contributed by atoms with Crippen molar-refractivity contribution in [1.82, 2.24) is 40.4 Å². The highest BCUT2D eigenvalue weighted by Gasteiger charge is 2.49. The number of pyridine rings is 1. The van der Waals surface area contributed by atoms with Crippen LogP contribution in [0.25, 0.3) is 33.3 Å². The standard InChI is InChI=1S/C54H70N8O8/c1-9-60-45-17-14-33-26-40(45)41(48(60)39-12-10-18-55-46(39)31(4)69-8)27-54(5,6)29-70-53(68)42-13-11-19-61(58-42)51(66)43(22-32-20-34(33)25-38(63)21-32)57-49(64)47(30(2)3)59(7)50(65)35-23-36-15-16-37(24-35)62(36)52(67)44-28-56-44/h10,12,14,17-18,20-21,25-26,30-31,35-37,42-44,47,56,58,63H,9,11,13,15-16,19,22-24,27-29H2,1-8H3,(H,57,64)/t31-,35?,36-,37+,42-,43-,44-,47?/m0/s1. The number of hydrogen-bond donors (Lipinski definition) is 4. The molecule has 4 aromatic rings. The van der Waals surface area contributed by atoms with Crippen molar-refractivity contribution in [3.05, 3.63) is 71.5 Å². The molecule has 374 valence electrons. The summed E-state index contributed by atoms with van der Waals surface area (Å²) in [6, 6.07) is 12.5. The first-order chi connectivity index (χ1) is 33.5. The van der Waals surface area contributed by atoms with Crippen LogP contribution in [0.1, 0.15) is 103 Å². The number of nitrogens with zero attached hydrogens (tertiary/aromatic N) is 5. The van der Waals surface area contributed by atoms with E-state index in [0.717, 1.165) is 57.4 Å². The quantitative estimate of drug-likeness (QED) is 0.113. The van der Waals surface area contributed by atoms with Gasteiger partial charge in [-0.3, -0.25) is 34.0 Å². The zero-order chi connectivity index (χ0) is 49.8. The van der Waals surface area contributed by atoms with E-state index in [9.17, 15) is 29.1 Å². The van der Waals surface area contributed by atoms with Gasteiger partial charge < -0.3 is 39.6 Å². The highest BCUT2D eigenvalue weighted by atomic mass is 16.5. The number of rotatable bonds is 10. The molecule has 16 nitrogen and oxygen atoms in total. The fourth-order valence-electron chi connectivity index (χ4n) is 11.8. The summed E-state index contributed by atoms with van der Waals surface area (Å²) < 4.78 is 14.3. The first-order valence-electron chi connectivity index (χ1n) is 25.3. The number of fused-ring (bicyclic) bond motifs is 8. The monoisotopic (exact) mass is 959 g/mol. The molecular weight excluding hydrogens is 889 g/mol. The van der Waals surface area contributed by atoms with Gasteiger partial charge in [-0.15, -0.1) is 0 Å². The molecule has 0 spiro atoms. The second-order valence-corrected chi connectivity index (χ2v) is 21.4. The zero-order valence-corrected chi connectivity index (χ0v) is 41.9. The summed E-state index contributed by atoms with van der Waals surface area (Å²) in [7, 11) is 3.34. The number of likely N-dealkylation sites (N-methyl/N-ethyl adjacent to an activating group) is 1. The Labute approximate surface area is 410 Å². The van der Waals surface area contributed by atoms with Gasteiger partial charge in [-0.2, -0.15) is 0 Å². The number of phenolic OH excluding ortho intramolecular Hbond substituents is 1. The fourth-order valence-corrected chi connectivity index (χ4v) is 11.8. The van der Waals surface area contributed by atoms with Gasteiger partial charge in [0.05, 0.1) is 30.1 Å². The Bertz CT molecular complexity index is 2660. The lowest BCUT2D eigenvalue weighted by molar-refractivity contribution is -0.155. The zero-order valence-electron chi connectivity index (χ0n) is 41.9. The van der Waals surface area contributed by atoms with Crippen LogP contribution in [0.2, 0.25) is 0 Å². The maximum Gasteiger partial charge on any atom is 0.324 e. The van der Waals surface area contributed by atoms with Gasteiger partial charge in [0.15, 0.2) is 0 Å². The van der Waals surface area contributed by atoms with E-state index in [2.05, 4.69) is 59.6 Å². The van der Waals surface area contributed by atoms with Crippen LogP contribution in [0.15, 0.2) is 54.7 Å². The number of methoxy groups -OCH3 is 1. The van der Waals surface area contributed by atoms with Crippen LogP contribution < -0.4 is 16.1 Å². The van der Waals surface area contributed by atoms with E-state index in [4.69, 9.17) is 14.5 Å². The molecular formula is C54H70N8O8. The molecule has 4 N–H and O–H groups in total. The Morgan fingerprint density at radius 2 is 1.77 bits per heavy atom. The number of cyclic esters (lactones) is 1. The van der Waals surface area contributed by atoms with Crippen LogP contribution >= 0.6 is 0 Å². The molecule has 8 atom stereocenters. The molecule has 2 aromatic carbocycles. The van der Waals surface area contributed by atoms with Crippen LogP contribution in [0, 0.1) is 17.3 Å². The molecule has 0 aliphatic carbocycles. The lowest BCUT2D eigenvalue weighted by Crippen LogP contribution is -2.62. The molecule has 4 saturated heterocycles. The van der Waals surface area contributed by atoms with Crippen LogP contribution in [0.4, 0.5) is 0 Å². The molecule has 5 aliphatic rings. The molecule has 2 aromatic heterocycles. The van der Waals surface area contributed by atoms with E-state index >= 15 is 0 Å². The SMILES string of the molecule is CCn1c(-c2cccnc2[C@H](C)OC)c2c3cc(ccc31)-c1cc(O)cc(c1)C[C@H](NC(=O)C(C(C)C)N(C)C(=O)C1C[C@H]3CC[C@@H](C1)N3C(=O)[C@@H]1CN1)C(=O)N1CCC[C@H](N1)C(=O)OCC(C)(C)C2. The number of nitrogens with one attached hydrogen (secondary N) is 3. The molecule has 5 aliphatic heterocycles. The Morgan fingerprint density at radius 3 is 2.46 bits per heavy atom. The summed E-state index contributed by atoms with van der Waals surface area (Å²) in [4.78, 5) is 79.4. The minimum atomic E-state index is -1.15. The van der Waals surface area contributed by atoms with E-state index in [1.165, 1.54) is 9.91 Å². The number of carbonyl (C=O) groups is 5. The molecule has 2 unspecified atom stereocenters. The van der Waals surface area contributed by atoms with Gasteiger partial charge in [0.1, 0.15) is 23.9 Å². The molecule has 7 heterocycles. The van der Waals surface area contributed by atoms with Crippen molar-refractivity contribution in [2.45, 2.75) is 142 Å². The van der Waals surface area contributed by atoms with Crippen molar-refractivity contribution in [2.24, 2.45) is 17.3 Å². The van der Waals surface area contributed by atoms with Gasteiger partial charge in [0.2, 0.25) is 17.7 Å². The maximum absolute atomic E-state index is 14.8. The second-order valence-electron chi connectivity index (χ2n) is 21.4. The minimum Gasteiger partial charge on any atom is -0.508 e. The highest BCUT2D eigenvalue weighted by Crippen LogP contribution is 2.43. The summed E-state index contributed by atoms with van der Waals surface area (Å²) >= 11 is 0. The first kappa shape index (κ1) is 49.2. The van der Waals surface area contributed by atoms with Gasteiger partial charge in [-0.05, 0) is 123 Å². The number of esters is 1. The molecule has 4 fully saturated rings. The van der Waals surface area contributed by atoms with Gasteiger partial charge in [0.25, 0.3) is 5.91 Å². The number of amides is 4. The first-order valence-corrected chi connectivity index (χ1v) is 25.3. The van der Waals surface area contributed by atoms with Gasteiger partial charge in [-0.25, -0.2) is 5.43 Å².